The van der Waals surface area contributed by atoms with E-state index in [4.69, 9.17) is 5.26 Å². The molecule has 0 amide bonds. The molecule has 0 aromatic heterocycles. The summed E-state index contributed by atoms with van der Waals surface area (Å²) in [5, 5.41) is 8.62. The molecule has 0 bridgehead atoms. The Morgan fingerprint density at radius 3 is 2.37 bits per heavy atom. The summed E-state index contributed by atoms with van der Waals surface area (Å²) in [6, 6.07) is 11.4. The van der Waals surface area contributed by atoms with Crippen LogP contribution in [0.15, 0.2) is 24.3 Å². The van der Waals surface area contributed by atoms with E-state index >= 15 is 0 Å². The topological polar surface area (TPSA) is 27.0 Å². The highest BCUT2D eigenvalue weighted by Gasteiger charge is 2.20. The number of piperidine rings is 1. The van der Waals surface area contributed by atoms with Crippen molar-refractivity contribution in [1.29, 1.82) is 5.26 Å². The molecule has 0 spiro atoms. The fourth-order valence-electron chi connectivity index (χ4n) is 2.85. The molecule has 0 atom stereocenters. The quantitative estimate of drug-likeness (QED) is 0.817. The molecule has 0 N–H and O–H groups in total. The van der Waals surface area contributed by atoms with Crippen molar-refractivity contribution in [2.45, 2.75) is 44.9 Å². The fourth-order valence-corrected chi connectivity index (χ4v) is 2.85. The molecule has 0 radical (unpaired) electrons. The van der Waals surface area contributed by atoms with E-state index in [2.05, 4.69) is 49.1 Å². The Labute approximate surface area is 117 Å². The molecule has 1 saturated heterocycles. The first-order valence-electron chi connectivity index (χ1n) is 7.40. The van der Waals surface area contributed by atoms with E-state index in [-0.39, 0.29) is 0 Å². The Morgan fingerprint density at radius 2 is 1.84 bits per heavy atom. The van der Waals surface area contributed by atoms with E-state index in [9.17, 15) is 0 Å². The average Bonchev–Trinajstić information content (AvgIpc) is 2.46. The summed E-state index contributed by atoms with van der Waals surface area (Å²) < 4.78 is 0. The highest BCUT2D eigenvalue weighted by molar-refractivity contribution is 5.27. The minimum absolute atomic E-state index is 0.613. The highest BCUT2D eigenvalue weighted by Crippen LogP contribution is 2.29. The molecule has 0 unspecified atom stereocenters. The SMILES string of the molecule is CC(C)c1ccc(C2CCN(CCC#N)CC2)cc1. The Bertz CT molecular complexity index is 420. The summed E-state index contributed by atoms with van der Waals surface area (Å²) in [4.78, 5) is 2.42. The van der Waals surface area contributed by atoms with Crippen LogP contribution in [-0.4, -0.2) is 24.5 Å². The summed E-state index contributed by atoms with van der Waals surface area (Å²) in [6.07, 6.45) is 3.12. The van der Waals surface area contributed by atoms with E-state index < -0.39 is 0 Å². The number of rotatable bonds is 4. The molecule has 2 rings (SSSR count). The van der Waals surface area contributed by atoms with Gasteiger partial charge < -0.3 is 4.90 Å². The molecule has 1 aliphatic heterocycles. The van der Waals surface area contributed by atoms with Crippen molar-refractivity contribution in [3.63, 3.8) is 0 Å². The van der Waals surface area contributed by atoms with Gasteiger partial charge in [0.1, 0.15) is 0 Å². The predicted molar refractivity (Wildman–Crippen MR) is 79.2 cm³/mol. The van der Waals surface area contributed by atoms with Gasteiger partial charge in [-0.05, 0) is 48.9 Å². The average molecular weight is 256 g/mol. The zero-order valence-electron chi connectivity index (χ0n) is 12.1. The molecule has 1 fully saturated rings. The third kappa shape index (κ3) is 3.81. The molecule has 1 heterocycles. The van der Waals surface area contributed by atoms with Gasteiger partial charge in [-0.1, -0.05) is 38.1 Å². The Morgan fingerprint density at radius 1 is 1.21 bits per heavy atom. The lowest BCUT2D eigenvalue weighted by atomic mass is 9.88. The van der Waals surface area contributed by atoms with Gasteiger partial charge in [0.05, 0.1) is 6.07 Å². The zero-order chi connectivity index (χ0) is 13.7. The molecule has 102 valence electrons. The molecule has 2 heteroatoms. The smallest absolute Gasteiger partial charge is 0.0635 e. The number of hydrogen-bond donors (Lipinski definition) is 0. The van der Waals surface area contributed by atoms with E-state index in [1.54, 1.807) is 0 Å². The van der Waals surface area contributed by atoms with Crippen LogP contribution in [0.1, 0.15) is 56.1 Å². The van der Waals surface area contributed by atoms with E-state index in [1.165, 1.54) is 24.0 Å². The van der Waals surface area contributed by atoms with Crippen LogP contribution in [0.2, 0.25) is 0 Å². The molecule has 1 aliphatic rings. The Hall–Kier alpha value is -1.33. The van der Waals surface area contributed by atoms with Crippen LogP contribution in [-0.2, 0) is 0 Å². The molecule has 19 heavy (non-hydrogen) atoms. The monoisotopic (exact) mass is 256 g/mol. The second kappa shape index (κ2) is 6.73. The third-order valence-corrected chi connectivity index (χ3v) is 4.20. The summed E-state index contributed by atoms with van der Waals surface area (Å²) >= 11 is 0. The van der Waals surface area contributed by atoms with Crippen molar-refractivity contribution in [2.24, 2.45) is 0 Å². The number of nitriles is 1. The predicted octanol–water partition coefficient (Wildman–Crippen LogP) is 3.90. The van der Waals surface area contributed by atoms with Gasteiger partial charge in [0.15, 0.2) is 0 Å². The summed E-state index contributed by atoms with van der Waals surface area (Å²) in [5.74, 6) is 1.32. The largest absolute Gasteiger partial charge is 0.302 e. The summed E-state index contributed by atoms with van der Waals surface area (Å²) in [7, 11) is 0. The first-order chi connectivity index (χ1) is 9.20. The number of nitrogens with zero attached hydrogens (tertiary/aromatic N) is 2. The Kier molecular flexibility index (Phi) is 4.99. The van der Waals surface area contributed by atoms with Crippen LogP contribution in [0, 0.1) is 11.3 Å². The molecule has 0 saturated carbocycles. The van der Waals surface area contributed by atoms with Crippen LogP contribution in [0.25, 0.3) is 0 Å². The minimum atomic E-state index is 0.613. The van der Waals surface area contributed by atoms with E-state index in [0.29, 0.717) is 18.3 Å². The van der Waals surface area contributed by atoms with Gasteiger partial charge in [-0.25, -0.2) is 0 Å². The van der Waals surface area contributed by atoms with Gasteiger partial charge >= 0.3 is 0 Å². The van der Waals surface area contributed by atoms with Crippen LogP contribution in [0.3, 0.4) is 0 Å². The van der Waals surface area contributed by atoms with Crippen molar-refractivity contribution in [2.75, 3.05) is 19.6 Å². The maximum atomic E-state index is 8.62. The van der Waals surface area contributed by atoms with Gasteiger partial charge in [-0.3, -0.25) is 0 Å². The summed E-state index contributed by atoms with van der Waals surface area (Å²) in [5.41, 5.74) is 2.92. The number of hydrogen-bond acceptors (Lipinski definition) is 2. The van der Waals surface area contributed by atoms with Gasteiger partial charge in [-0.15, -0.1) is 0 Å². The van der Waals surface area contributed by atoms with Crippen LogP contribution < -0.4 is 0 Å². The van der Waals surface area contributed by atoms with Gasteiger partial charge in [0.25, 0.3) is 0 Å². The lowest BCUT2D eigenvalue weighted by Crippen LogP contribution is -2.33. The third-order valence-electron chi connectivity index (χ3n) is 4.20. The second-order valence-electron chi connectivity index (χ2n) is 5.85. The lowest BCUT2D eigenvalue weighted by Gasteiger charge is -2.31. The fraction of sp³-hybridized carbons (Fsp3) is 0.588. The van der Waals surface area contributed by atoms with Gasteiger partial charge in [0.2, 0.25) is 0 Å². The molecule has 1 aromatic carbocycles. The Balaban J connectivity index is 1.89. The minimum Gasteiger partial charge on any atom is -0.302 e. The van der Waals surface area contributed by atoms with Crippen LogP contribution in [0.5, 0.6) is 0 Å². The van der Waals surface area contributed by atoms with Crippen LogP contribution >= 0.6 is 0 Å². The molecule has 0 aliphatic carbocycles. The number of benzene rings is 1. The first kappa shape index (κ1) is 14.1. The maximum absolute atomic E-state index is 8.62. The maximum Gasteiger partial charge on any atom is 0.0635 e. The van der Waals surface area contributed by atoms with Crippen molar-refractivity contribution in [3.8, 4) is 6.07 Å². The standard InChI is InChI=1S/C17H24N2/c1-14(2)15-4-6-16(7-5-15)17-8-12-19(13-9-17)11-3-10-18/h4-7,14,17H,3,8-9,11-13H2,1-2H3. The lowest BCUT2D eigenvalue weighted by molar-refractivity contribution is 0.216. The van der Waals surface area contributed by atoms with Crippen molar-refractivity contribution < 1.29 is 0 Å². The van der Waals surface area contributed by atoms with Crippen LogP contribution in [0.4, 0.5) is 0 Å². The molecule has 2 nitrogen and oxygen atoms in total. The first-order valence-corrected chi connectivity index (χ1v) is 7.40. The molecule has 1 aromatic rings. The van der Waals surface area contributed by atoms with Crippen molar-refractivity contribution in [1.82, 2.24) is 4.90 Å². The van der Waals surface area contributed by atoms with Gasteiger partial charge in [0, 0.05) is 13.0 Å². The van der Waals surface area contributed by atoms with Gasteiger partial charge in [-0.2, -0.15) is 5.26 Å². The molecular formula is C17H24N2. The number of likely N-dealkylation sites (tertiary alicyclic amines) is 1. The normalized spacial score (nSPS) is 17.6. The van der Waals surface area contributed by atoms with E-state index in [1.807, 2.05) is 0 Å². The van der Waals surface area contributed by atoms with E-state index in [0.717, 1.165) is 19.6 Å². The highest BCUT2D eigenvalue weighted by atomic mass is 15.1. The summed E-state index contributed by atoms with van der Waals surface area (Å²) in [6.45, 7) is 7.69. The van der Waals surface area contributed by atoms with Crippen molar-refractivity contribution >= 4 is 0 Å². The van der Waals surface area contributed by atoms with Crippen molar-refractivity contribution in [3.05, 3.63) is 35.4 Å². The molecular weight excluding hydrogens is 232 g/mol. The zero-order valence-corrected chi connectivity index (χ0v) is 12.1. The second-order valence-corrected chi connectivity index (χ2v) is 5.85.